The molecule has 0 amide bonds. The van der Waals surface area contributed by atoms with Crippen LogP contribution in [0.5, 0.6) is 0 Å². The van der Waals surface area contributed by atoms with Crippen LogP contribution in [0.2, 0.25) is 0 Å². The monoisotopic (exact) mass is 356 g/mol. The zero-order valence-corrected chi connectivity index (χ0v) is 14.5. The number of cyclic esters (lactones) is 2. The highest BCUT2D eigenvalue weighted by Gasteiger charge is 2.70. The largest absolute Gasteiger partial charge is 0.472 e. The molecule has 136 valence electrons. The molecule has 1 aromatic rings. The molecule has 1 N–H and O–H groups in total. The fourth-order valence-corrected chi connectivity index (χ4v) is 5.53. The number of aliphatic hydroxyl groups is 1. The van der Waals surface area contributed by atoms with E-state index in [1.54, 1.807) is 18.6 Å². The van der Waals surface area contributed by atoms with Crippen molar-refractivity contribution in [1.29, 1.82) is 0 Å². The van der Waals surface area contributed by atoms with Crippen LogP contribution in [0, 0.1) is 10.8 Å². The Labute approximate surface area is 150 Å². The van der Waals surface area contributed by atoms with Crippen LogP contribution in [0.4, 0.5) is 0 Å². The Morgan fingerprint density at radius 1 is 1.19 bits per heavy atom. The van der Waals surface area contributed by atoms with Gasteiger partial charge in [0.25, 0.3) is 0 Å². The van der Waals surface area contributed by atoms with Crippen molar-refractivity contribution in [1.82, 2.24) is 0 Å². The maximum absolute atomic E-state index is 12.8. The van der Waals surface area contributed by atoms with Crippen LogP contribution in [0.15, 0.2) is 46.3 Å². The summed E-state index contributed by atoms with van der Waals surface area (Å²) in [6, 6.07) is 1.77. The average molecular weight is 356 g/mol. The van der Waals surface area contributed by atoms with Gasteiger partial charge in [0, 0.05) is 28.5 Å². The SMILES string of the molecule is C[C@]12C[C@H](c3ccoc3)OC(=O)C1=CC[C@@]13COC(=O)C1=CCC[C@@]32O. The van der Waals surface area contributed by atoms with Gasteiger partial charge in [0.15, 0.2) is 0 Å². The van der Waals surface area contributed by atoms with Gasteiger partial charge in [-0.25, -0.2) is 9.59 Å². The predicted molar refractivity (Wildman–Crippen MR) is 88.6 cm³/mol. The van der Waals surface area contributed by atoms with E-state index in [4.69, 9.17) is 13.9 Å². The summed E-state index contributed by atoms with van der Waals surface area (Å²) < 4.78 is 16.1. The second-order valence-corrected chi connectivity index (χ2v) is 7.98. The normalized spacial score (nSPS) is 41.2. The number of rotatable bonds is 1. The Kier molecular flexibility index (Phi) is 2.98. The maximum atomic E-state index is 12.8. The zero-order valence-electron chi connectivity index (χ0n) is 14.5. The standard InChI is InChI=1S/C20H20O6/c1-18-9-15(12-5-8-24-10-12)26-17(22)13(18)4-7-19-11-25-16(21)14(19)3-2-6-20(18,19)23/h3-5,8,10,15,23H,2,6-7,9,11H2,1H3/t15-,18+,19-,20+/m1/s1. The molecule has 3 heterocycles. The van der Waals surface area contributed by atoms with Gasteiger partial charge < -0.3 is 19.0 Å². The van der Waals surface area contributed by atoms with Gasteiger partial charge in [0.1, 0.15) is 12.7 Å². The fourth-order valence-electron chi connectivity index (χ4n) is 5.53. The number of esters is 2. The molecule has 2 aliphatic carbocycles. The number of ether oxygens (including phenoxy) is 2. The molecule has 4 aliphatic rings. The van der Waals surface area contributed by atoms with Crippen molar-refractivity contribution < 1.29 is 28.6 Å². The Morgan fingerprint density at radius 3 is 2.81 bits per heavy atom. The van der Waals surface area contributed by atoms with Crippen molar-refractivity contribution in [2.75, 3.05) is 6.61 Å². The first kappa shape index (κ1) is 15.9. The summed E-state index contributed by atoms with van der Waals surface area (Å²) in [6.07, 6.45) is 8.23. The van der Waals surface area contributed by atoms with Crippen LogP contribution in [0.25, 0.3) is 0 Å². The van der Waals surface area contributed by atoms with Gasteiger partial charge in [-0.2, -0.15) is 0 Å². The molecule has 0 bridgehead atoms. The number of carbonyl (C=O) groups excluding carboxylic acids is 2. The molecule has 0 radical (unpaired) electrons. The Balaban J connectivity index is 1.67. The molecule has 26 heavy (non-hydrogen) atoms. The van der Waals surface area contributed by atoms with Crippen LogP contribution < -0.4 is 0 Å². The van der Waals surface area contributed by atoms with Gasteiger partial charge in [-0.15, -0.1) is 0 Å². The molecule has 1 aromatic heterocycles. The molecule has 0 unspecified atom stereocenters. The summed E-state index contributed by atoms with van der Waals surface area (Å²) in [5, 5.41) is 12.0. The Bertz CT molecular complexity index is 865. The van der Waals surface area contributed by atoms with Crippen molar-refractivity contribution in [2.24, 2.45) is 10.8 Å². The molecule has 2 fully saturated rings. The van der Waals surface area contributed by atoms with Gasteiger partial charge >= 0.3 is 11.9 Å². The van der Waals surface area contributed by atoms with Gasteiger partial charge in [-0.3, -0.25) is 0 Å². The van der Waals surface area contributed by atoms with Gasteiger partial charge in [-0.05, 0) is 25.3 Å². The molecule has 5 rings (SSSR count). The van der Waals surface area contributed by atoms with Crippen LogP contribution in [-0.4, -0.2) is 29.3 Å². The first-order valence-corrected chi connectivity index (χ1v) is 8.95. The topological polar surface area (TPSA) is 86.0 Å². The number of hydrogen-bond acceptors (Lipinski definition) is 6. The first-order valence-electron chi connectivity index (χ1n) is 8.95. The first-order chi connectivity index (χ1) is 12.4. The zero-order chi connectivity index (χ0) is 18.2. The molecular formula is C20H20O6. The van der Waals surface area contributed by atoms with Crippen LogP contribution in [0.3, 0.4) is 0 Å². The van der Waals surface area contributed by atoms with E-state index in [2.05, 4.69) is 0 Å². The van der Waals surface area contributed by atoms with E-state index in [1.165, 1.54) is 0 Å². The molecule has 6 heteroatoms. The fraction of sp³-hybridized carbons (Fsp3) is 0.500. The predicted octanol–water partition coefficient (Wildman–Crippen LogP) is 2.60. The van der Waals surface area contributed by atoms with Crippen molar-refractivity contribution in [3.05, 3.63) is 47.5 Å². The lowest BCUT2D eigenvalue weighted by molar-refractivity contribution is -0.195. The van der Waals surface area contributed by atoms with Crippen molar-refractivity contribution in [2.45, 2.75) is 44.3 Å². The molecule has 1 spiro atoms. The van der Waals surface area contributed by atoms with Crippen LogP contribution in [0.1, 0.15) is 44.3 Å². The lowest BCUT2D eigenvalue weighted by Crippen LogP contribution is -2.65. The maximum Gasteiger partial charge on any atom is 0.334 e. The molecule has 0 saturated carbocycles. The Morgan fingerprint density at radius 2 is 2.04 bits per heavy atom. The molecule has 0 aromatic carbocycles. The van der Waals surface area contributed by atoms with Crippen LogP contribution in [-0.2, 0) is 19.1 Å². The Hall–Kier alpha value is -2.34. The molecule has 2 saturated heterocycles. The van der Waals surface area contributed by atoms with E-state index >= 15 is 0 Å². The minimum absolute atomic E-state index is 0.152. The highest BCUT2D eigenvalue weighted by atomic mass is 16.5. The average Bonchev–Trinajstić information content (AvgIpc) is 3.24. The highest BCUT2D eigenvalue weighted by Crippen LogP contribution is 2.66. The van der Waals surface area contributed by atoms with Crippen molar-refractivity contribution >= 4 is 11.9 Å². The smallest absolute Gasteiger partial charge is 0.334 e. The summed E-state index contributed by atoms with van der Waals surface area (Å²) in [5.74, 6) is -0.761. The summed E-state index contributed by atoms with van der Waals surface area (Å²) in [5.41, 5.74) is -1.04. The molecular weight excluding hydrogens is 336 g/mol. The second-order valence-electron chi connectivity index (χ2n) is 7.98. The van der Waals surface area contributed by atoms with Gasteiger partial charge in [0.05, 0.1) is 23.5 Å². The summed E-state index contributed by atoms with van der Waals surface area (Å²) >= 11 is 0. The third kappa shape index (κ3) is 1.66. The molecule has 4 atom stereocenters. The quantitative estimate of drug-likeness (QED) is 0.779. The van der Waals surface area contributed by atoms with E-state index in [0.717, 1.165) is 5.56 Å². The van der Waals surface area contributed by atoms with Crippen molar-refractivity contribution in [3.63, 3.8) is 0 Å². The summed E-state index contributed by atoms with van der Waals surface area (Å²) in [6.45, 7) is 2.07. The van der Waals surface area contributed by atoms with Gasteiger partial charge in [0.2, 0.25) is 0 Å². The van der Waals surface area contributed by atoms with Gasteiger partial charge in [-0.1, -0.05) is 19.1 Å². The second kappa shape index (κ2) is 4.88. The lowest BCUT2D eigenvalue weighted by atomic mass is 9.46. The minimum atomic E-state index is -1.25. The van der Waals surface area contributed by atoms with E-state index < -0.39 is 28.5 Å². The third-order valence-electron chi connectivity index (χ3n) is 6.97. The third-order valence-corrected chi connectivity index (χ3v) is 6.97. The highest BCUT2D eigenvalue weighted by molar-refractivity contribution is 5.95. The summed E-state index contributed by atoms with van der Waals surface area (Å²) in [7, 11) is 0. The minimum Gasteiger partial charge on any atom is -0.472 e. The number of furan rings is 1. The van der Waals surface area contributed by atoms with E-state index in [1.807, 2.05) is 19.1 Å². The number of carbonyl (C=O) groups is 2. The molecule has 2 aliphatic heterocycles. The van der Waals surface area contributed by atoms with E-state index in [0.29, 0.717) is 36.8 Å². The number of fused-ring (bicyclic) bond motifs is 2. The lowest BCUT2D eigenvalue weighted by Gasteiger charge is -2.60. The molecule has 6 nitrogen and oxygen atoms in total. The van der Waals surface area contributed by atoms with E-state index in [-0.39, 0.29) is 12.6 Å². The summed E-state index contributed by atoms with van der Waals surface area (Å²) in [4.78, 5) is 25.0. The van der Waals surface area contributed by atoms with E-state index in [9.17, 15) is 14.7 Å². The number of allylic oxidation sites excluding steroid dienone is 2. The van der Waals surface area contributed by atoms with Crippen LogP contribution >= 0.6 is 0 Å². The van der Waals surface area contributed by atoms with Crippen molar-refractivity contribution in [3.8, 4) is 0 Å². The number of hydrogen-bond donors (Lipinski definition) is 1.